The Kier molecular flexibility index (Phi) is 3.29. The summed E-state index contributed by atoms with van der Waals surface area (Å²) in [7, 11) is 0. The minimum atomic E-state index is -0.899. The minimum absolute atomic E-state index is 0.0369. The molecule has 0 spiro atoms. The average molecular weight is 321 g/mol. The second-order valence-corrected chi connectivity index (χ2v) is 5.20. The number of rotatable bonds is 3. The van der Waals surface area contributed by atoms with Crippen LogP contribution in [0.15, 0.2) is 42.5 Å². The SMILES string of the molecule is O=C1OCOC1(CBr)Cc1cccc2ccccc12. The van der Waals surface area contributed by atoms with E-state index in [4.69, 9.17) is 9.47 Å². The number of ether oxygens (including phenoxy) is 2. The molecule has 1 aliphatic rings. The number of hydrogen-bond acceptors (Lipinski definition) is 3. The third kappa shape index (κ3) is 2.15. The number of esters is 1. The molecule has 3 nitrogen and oxygen atoms in total. The van der Waals surface area contributed by atoms with E-state index >= 15 is 0 Å². The molecule has 1 atom stereocenters. The lowest BCUT2D eigenvalue weighted by Crippen LogP contribution is -2.40. The van der Waals surface area contributed by atoms with Gasteiger partial charge >= 0.3 is 5.97 Å². The van der Waals surface area contributed by atoms with Gasteiger partial charge < -0.3 is 9.47 Å². The maximum absolute atomic E-state index is 11.9. The summed E-state index contributed by atoms with van der Waals surface area (Å²) in [5.41, 5.74) is 0.195. The molecule has 3 rings (SSSR count). The van der Waals surface area contributed by atoms with Crippen LogP contribution in [0.4, 0.5) is 0 Å². The summed E-state index contributed by atoms with van der Waals surface area (Å²) >= 11 is 3.37. The highest BCUT2D eigenvalue weighted by Gasteiger charge is 2.45. The van der Waals surface area contributed by atoms with Crippen molar-refractivity contribution in [3.8, 4) is 0 Å². The highest BCUT2D eigenvalue weighted by Crippen LogP contribution is 2.30. The van der Waals surface area contributed by atoms with Crippen LogP contribution in [-0.4, -0.2) is 23.7 Å². The third-order valence-corrected chi connectivity index (χ3v) is 4.37. The molecule has 0 radical (unpaired) electrons. The molecule has 2 aromatic rings. The summed E-state index contributed by atoms with van der Waals surface area (Å²) < 4.78 is 10.5. The fraction of sp³-hybridized carbons (Fsp3) is 0.267. The Morgan fingerprint density at radius 1 is 1.16 bits per heavy atom. The van der Waals surface area contributed by atoms with E-state index in [2.05, 4.69) is 34.1 Å². The predicted molar refractivity (Wildman–Crippen MR) is 76.2 cm³/mol. The smallest absolute Gasteiger partial charge is 0.341 e. The van der Waals surface area contributed by atoms with Crippen molar-refractivity contribution in [2.24, 2.45) is 0 Å². The van der Waals surface area contributed by atoms with E-state index in [1.807, 2.05) is 24.3 Å². The monoisotopic (exact) mass is 320 g/mol. The molecule has 4 heteroatoms. The van der Waals surface area contributed by atoms with E-state index in [1.165, 1.54) is 0 Å². The topological polar surface area (TPSA) is 35.5 Å². The second kappa shape index (κ2) is 4.94. The molecule has 1 saturated heterocycles. The summed E-state index contributed by atoms with van der Waals surface area (Å²) in [5, 5.41) is 2.74. The number of fused-ring (bicyclic) bond motifs is 1. The molecule has 2 aromatic carbocycles. The van der Waals surface area contributed by atoms with E-state index in [-0.39, 0.29) is 12.8 Å². The molecule has 98 valence electrons. The van der Waals surface area contributed by atoms with Gasteiger partial charge in [-0.2, -0.15) is 0 Å². The summed E-state index contributed by atoms with van der Waals surface area (Å²) in [6, 6.07) is 14.2. The summed E-state index contributed by atoms with van der Waals surface area (Å²) in [6.07, 6.45) is 0.512. The molecular formula is C15H13BrO3. The Balaban J connectivity index is 2.03. The van der Waals surface area contributed by atoms with Crippen molar-refractivity contribution in [1.82, 2.24) is 0 Å². The van der Waals surface area contributed by atoms with E-state index in [9.17, 15) is 4.79 Å². The van der Waals surface area contributed by atoms with Crippen molar-refractivity contribution in [3.63, 3.8) is 0 Å². The summed E-state index contributed by atoms with van der Waals surface area (Å²) in [6.45, 7) is 0.0369. The molecule has 0 saturated carbocycles. The van der Waals surface area contributed by atoms with Gasteiger partial charge in [0.05, 0.1) is 0 Å². The van der Waals surface area contributed by atoms with E-state index < -0.39 is 5.60 Å². The Bertz CT molecular complexity index is 620. The largest absolute Gasteiger partial charge is 0.436 e. The van der Waals surface area contributed by atoms with Crippen LogP contribution in [0.3, 0.4) is 0 Å². The van der Waals surface area contributed by atoms with Crippen LogP contribution in [0.1, 0.15) is 5.56 Å². The zero-order valence-electron chi connectivity index (χ0n) is 10.3. The van der Waals surface area contributed by atoms with Gasteiger partial charge in [0.2, 0.25) is 0 Å². The quantitative estimate of drug-likeness (QED) is 0.644. The highest BCUT2D eigenvalue weighted by molar-refractivity contribution is 9.09. The first-order valence-corrected chi connectivity index (χ1v) is 7.21. The lowest BCUT2D eigenvalue weighted by Gasteiger charge is -2.21. The number of carbonyl (C=O) groups excluding carboxylic acids is 1. The Labute approximate surface area is 119 Å². The van der Waals surface area contributed by atoms with E-state index in [0.717, 1.165) is 16.3 Å². The minimum Gasteiger partial charge on any atom is -0.436 e. The zero-order valence-corrected chi connectivity index (χ0v) is 11.9. The number of carbonyl (C=O) groups is 1. The van der Waals surface area contributed by atoms with E-state index in [0.29, 0.717) is 11.8 Å². The molecule has 0 aliphatic carbocycles. The lowest BCUT2D eigenvalue weighted by molar-refractivity contribution is -0.142. The molecule has 1 fully saturated rings. The lowest BCUT2D eigenvalue weighted by atomic mass is 9.93. The van der Waals surface area contributed by atoms with Crippen LogP contribution in [0.5, 0.6) is 0 Å². The van der Waals surface area contributed by atoms with E-state index in [1.54, 1.807) is 0 Å². The van der Waals surface area contributed by atoms with Crippen molar-refractivity contribution in [1.29, 1.82) is 0 Å². The maximum atomic E-state index is 11.9. The molecule has 1 heterocycles. The van der Waals surface area contributed by atoms with Gasteiger partial charge in [-0.05, 0) is 16.3 Å². The third-order valence-electron chi connectivity index (χ3n) is 3.47. The average Bonchev–Trinajstić information content (AvgIpc) is 2.81. The van der Waals surface area contributed by atoms with Gasteiger partial charge in [0.15, 0.2) is 12.4 Å². The molecule has 1 unspecified atom stereocenters. The van der Waals surface area contributed by atoms with Gasteiger partial charge in [-0.15, -0.1) is 0 Å². The summed E-state index contributed by atoms with van der Waals surface area (Å²) in [5.74, 6) is -0.294. The van der Waals surface area contributed by atoms with Gasteiger partial charge in [0.25, 0.3) is 0 Å². The first-order valence-electron chi connectivity index (χ1n) is 6.09. The molecule has 0 N–H and O–H groups in total. The van der Waals surface area contributed by atoms with Crippen LogP contribution in [0.2, 0.25) is 0 Å². The van der Waals surface area contributed by atoms with Crippen LogP contribution in [0, 0.1) is 0 Å². The van der Waals surface area contributed by atoms with Gasteiger partial charge in [0, 0.05) is 11.8 Å². The van der Waals surface area contributed by atoms with Crippen molar-refractivity contribution in [2.45, 2.75) is 12.0 Å². The fourth-order valence-electron chi connectivity index (χ4n) is 2.40. The molecule has 0 amide bonds. The van der Waals surface area contributed by atoms with Gasteiger partial charge in [0.1, 0.15) is 0 Å². The fourth-order valence-corrected chi connectivity index (χ4v) is 2.99. The molecule has 0 aromatic heterocycles. The number of benzene rings is 2. The number of alkyl halides is 1. The molecular weight excluding hydrogens is 308 g/mol. The standard InChI is InChI=1S/C15H13BrO3/c16-9-15(14(17)18-10-19-15)8-12-6-3-5-11-4-1-2-7-13(11)12/h1-7H,8-10H2. The Hall–Kier alpha value is -1.39. The first kappa shape index (κ1) is 12.6. The van der Waals surface area contributed by atoms with Crippen molar-refractivity contribution in [2.75, 3.05) is 12.1 Å². The van der Waals surface area contributed by atoms with Gasteiger partial charge in [-0.1, -0.05) is 58.4 Å². The van der Waals surface area contributed by atoms with Crippen LogP contribution >= 0.6 is 15.9 Å². The Morgan fingerprint density at radius 2 is 1.95 bits per heavy atom. The number of cyclic esters (lactones) is 1. The zero-order chi connectivity index (χ0) is 13.3. The highest BCUT2D eigenvalue weighted by atomic mass is 79.9. The summed E-state index contributed by atoms with van der Waals surface area (Å²) in [4.78, 5) is 11.9. The molecule has 19 heavy (non-hydrogen) atoms. The predicted octanol–water partition coefficient (Wildman–Crippen LogP) is 3.05. The normalized spacial score (nSPS) is 22.7. The number of halogens is 1. The van der Waals surface area contributed by atoms with Crippen molar-refractivity contribution in [3.05, 3.63) is 48.0 Å². The van der Waals surface area contributed by atoms with Crippen molar-refractivity contribution >= 4 is 32.7 Å². The Morgan fingerprint density at radius 3 is 2.68 bits per heavy atom. The maximum Gasteiger partial charge on any atom is 0.341 e. The van der Waals surface area contributed by atoms with Crippen LogP contribution in [0.25, 0.3) is 10.8 Å². The van der Waals surface area contributed by atoms with Crippen molar-refractivity contribution < 1.29 is 14.3 Å². The number of hydrogen-bond donors (Lipinski definition) is 0. The van der Waals surface area contributed by atoms with Gasteiger partial charge in [-0.3, -0.25) is 0 Å². The molecule has 1 aliphatic heterocycles. The van der Waals surface area contributed by atoms with Crippen LogP contribution in [-0.2, 0) is 20.7 Å². The van der Waals surface area contributed by atoms with Gasteiger partial charge in [-0.25, -0.2) is 4.79 Å². The molecule has 0 bridgehead atoms. The second-order valence-electron chi connectivity index (χ2n) is 4.64. The van der Waals surface area contributed by atoms with Crippen LogP contribution < -0.4 is 0 Å². The first-order chi connectivity index (χ1) is 9.25.